The maximum absolute atomic E-state index is 5.57. The minimum absolute atomic E-state index is 0.142. The zero-order valence-electron chi connectivity index (χ0n) is 10.8. The van der Waals surface area contributed by atoms with Crippen molar-refractivity contribution in [3.05, 3.63) is 54.0 Å². The Bertz CT molecular complexity index is 467. The van der Waals surface area contributed by atoms with Gasteiger partial charge < -0.3 is 9.73 Å². The Labute approximate surface area is 113 Å². The van der Waals surface area contributed by atoms with Crippen LogP contribution in [0.25, 0.3) is 0 Å². The number of furan rings is 1. The van der Waals surface area contributed by atoms with Crippen LogP contribution < -0.4 is 5.32 Å². The average Bonchev–Trinajstić information content (AvgIpc) is 2.94. The van der Waals surface area contributed by atoms with Crippen molar-refractivity contribution < 1.29 is 4.42 Å². The molecule has 96 valence electrons. The van der Waals surface area contributed by atoms with Crippen molar-refractivity contribution in [2.45, 2.75) is 24.3 Å². The molecular weight excluding hydrogens is 242 g/mol. The molecule has 1 atom stereocenters. The zero-order chi connectivity index (χ0) is 12.8. The lowest BCUT2D eigenvalue weighted by molar-refractivity contribution is 0.444. The fourth-order valence-electron chi connectivity index (χ4n) is 2.01. The average molecular weight is 261 g/mol. The first-order valence-electron chi connectivity index (χ1n) is 6.26. The summed E-state index contributed by atoms with van der Waals surface area (Å²) in [6, 6.07) is 12.6. The zero-order valence-corrected chi connectivity index (χ0v) is 11.7. The number of hydrogen-bond acceptors (Lipinski definition) is 3. The molecule has 2 aromatic rings. The van der Waals surface area contributed by atoms with Gasteiger partial charge in [0.2, 0.25) is 0 Å². The lowest BCUT2D eigenvalue weighted by Gasteiger charge is -2.19. The van der Waals surface area contributed by atoms with Crippen molar-refractivity contribution in [2.75, 3.05) is 12.8 Å². The first-order chi connectivity index (χ1) is 8.86. The molecule has 0 spiro atoms. The van der Waals surface area contributed by atoms with E-state index in [0.717, 1.165) is 18.7 Å². The van der Waals surface area contributed by atoms with E-state index in [-0.39, 0.29) is 6.04 Å². The van der Waals surface area contributed by atoms with Crippen molar-refractivity contribution in [1.82, 2.24) is 5.32 Å². The van der Waals surface area contributed by atoms with Gasteiger partial charge >= 0.3 is 0 Å². The molecular formula is C15H19NOS. The third-order valence-corrected chi connectivity index (χ3v) is 3.69. The summed E-state index contributed by atoms with van der Waals surface area (Å²) >= 11 is 1.77. The Morgan fingerprint density at radius 2 is 2.06 bits per heavy atom. The first kappa shape index (κ1) is 13.2. The highest BCUT2D eigenvalue weighted by Crippen LogP contribution is 2.30. The molecule has 0 saturated carbocycles. The van der Waals surface area contributed by atoms with Crippen molar-refractivity contribution in [3.63, 3.8) is 0 Å². The van der Waals surface area contributed by atoms with Crippen LogP contribution in [-0.2, 0) is 0 Å². The lowest BCUT2D eigenvalue weighted by Crippen LogP contribution is -2.23. The molecule has 1 heterocycles. The van der Waals surface area contributed by atoms with E-state index < -0.39 is 0 Å². The molecule has 0 saturated heterocycles. The van der Waals surface area contributed by atoms with Crippen LogP contribution in [-0.4, -0.2) is 12.8 Å². The number of nitrogens with one attached hydrogen (secondary N) is 1. The van der Waals surface area contributed by atoms with Gasteiger partial charge in [0, 0.05) is 4.90 Å². The Morgan fingerprint density at radius 3 is 2.72 bits per heavy atom. The van der Waals surface area contributed by atoms with E-state index in [1.54, 1.807) is 18.0 Å². The van der Waals surface area contributed by atoms with Gasteiger partial charge in [0.25, 0.3) is 0 Å². The van der Waals surface area contributed by atoms with E-state index in [4.69, 9.17) is 4.42 Å². The summed E-state index contributed by atoms with van der Waals surface area (Å²) in [5.74, 6) is 0.977. The van der Waals surface area contributed by atoms with Gasteiger partial charge in [-0.25, -0.2) is 0 Å². The Hall–Kier alpha value is -1.19. The largest absolute Gasteiger partial charge is 0.467 e. The molecule has 0 aliphatic heterocycles. The van der Waals surface area contributed by atoms with Gasteiger partial charge in [-0.2, -0.15) is 0 Å². The van der Waals surface area contributed by atoms with Crippen molar-refractivity contribution in [3.8, 4) is 0 Å². The van der Waals surface area contributed by atoms with E-state index in [9.17, 15) is 0 Å². The second-order valence-corrected chi connectivity index (χ2v) is 4.99. The predicted molar refractivity (Wildman–Crippen MR) is 77.1 cm³/mol. The topological polar surface area (TPSA) is 25.2 Å². The minimum Gasteiger partial charge on any atom is -0.467 e. The second kappa shape index (κ2) is 6.66. The summed E-state index contributed by atoms with van der Waals surface area (Å²) < 4.78 is 5.57. The number of thioether (sulfide) groups is 1. The molecule has 1 aromatic heterocycles. The van der Waals surface area contributed by atoms with Gasteiger partial charge in [-0.1, -0.05) is 25.1 Å². The molecule has 0 amide bonds. The number of rotatable bonds is 6. The normalized spacial score (nSPS) is 12.6. The highest BCUT2D eigenvalue weighted by molar-refractivity contribution is 7.98. The molecule has 0 radical (unpaired) electrons. The van der Waals surface area contributed by atoms with Gasteiger partial charge in [-0.05, 0) is 43.0 Å². The van der Waals surface area contributed by atoms with Crippen molar-refractivity contribution >= 4 is 11.8 Å². The van der Waals surface area contributed by atoms with E-state index in [0.29, 0.717) is 0 Å². The smallest absolute Gasteiger partial charge is 0.125 e. The highest BCUT2D eigenvalue weighted by atomic mass is 32.2. The second-order valence-electron chi connectivity index (χ2n) is 4.14. The molecule has 18 heavy (non-hydrogen) atoms. The molecule has 0 bridgehead atoms. The Morgan fingerprint density at radius 1 is 1.22 bits per heavy atom. The quantitative estimate of drug-likeness (QED) is 0.793. The van der Waals surface area contributed by atoms with Crippen LogP contribution in [0, 0.1) is 0 Å². The van der Waals surface area contributed by atoms with Crippen LogP contribution in [0.3, 0.4) is 0 Å². The summed E-state index contributed by atoms with van der Waals surface area (Å²) in [4.78, 5) is 1.29. The van der Waals surface area contributed by atoms with Crippen LogP contribution in [0.1, 0.15) is 30.7 Å². The molecule has 0 aliphatic rings. The maximum atomic E-state index is 5.57. The molecule has 0 aliphatic carbocycles. The number of hydrogen-bond donors (Lipinski definition) is 1. The summed E-state index contributed by atoms with van der Waals surface area (Å²) in [5, 5.41) is 3.56. The van der Waals surface area contributed by atoms with E-state index >= 15 is 0 Å². The van der Waals surface area contributed by atoms with Crippen molar-refractivity contribution in [1.29, 1.82) is 0 Å². The van der Waals surface area contributed by atoms with Crippen LogP contribution in [0.2, 0.25) is 0 Å². The maximum Gasteiger partial charge on any atom is 0.125 e. The Balaban J connectivity index is 2.33. The van der Waals surface area contributed by atoms with Crippen LogP contribution in [0.4, 0.5) is 0 Å². The van der Waals surface area contributed by atoms with E-state index in [2.05, 4.69) is 42.8 Å². The minimum atomic E-state index is 0.142. The third-order valence-electron chi connectivity index (χ3n) is 2.88. The molecule has 3 heteroatoms. The van der Waals surface area contributed by atoms with Crippen molar-refractivity contribution in [2.24, 2.45) is 0 Å². The summed E-state index contributed by atoms with van der Waals surface area (Å²) in [7, 11) is 0. The van der Waals surface area contributed by atoms with Gasteiger partial charge in [0.05, 0.1) is 12.3 Å². The van der Waals surface area contributed by atoms with Gasteiger partial charge in [-0.3, -0.25) is 0 Å². The van der Waals surface area contributed by atoms with Crippen LogP contribution in [0.15, 0.2) is 52.0 Å². The summed E-state index contributed by atoms with van der Waals surface area (Å²) in [6.07, 6.45) is 4.95. The lowest BCUT2D eigenvalue weighted by atomic mass is 10.0. The van der Waals surface area contributed by atoms with E-state index in [1.165, 1.54) is 10.5 Å². The van der Waals surface area contributed by atoms with Gasteiger partial charge in [-0.15, -0.1) is 11.8 Å². The third kappa shape index (κ3) is 2.98. The van der Waals surface area contributed by atoms with Gasteiger partial charge in [0.15, 0.2) is 0 Å². The molecule has 2 nitrogen and oxygen atoms in total. The van der Waals surface area contributed by atoms with Gasteiger partial charge in [0.1, 0.15) is 5.76 Å². The van der Waals surface area contributed by atoms with Crippen LogP contribution >= 0.6 is 11.8 Å². The summed E-state index contributed by atoms with van der Waals surface area (Å²) in [6.45, 7) is 3.15. The number of benzene rings is 1. The first-order valence-corrected chi connectivity index (χ1v) is 7.49. The molecule has 0 fully saturated rings. The standard InChI is InChI=1S/C15H19NOS/c1-3-10-16-15(13-8-6-11-17-13)12-7-4-5-9-14(12)18-2/h4-9,11,15-16H,3,10H2,1-2H3. The van der Waals surface area contributed by atoms with E-state index in [1.807, 2.05) is 12.1 Å². The Kier molecular flexibility index (Phi) is 4.90. The van der Waals surface area contributed by atoms with Crippen LogP contribution in [0.5, 0.6) is 0 Å². The fraction of sp³-hybridized carbons (Fsp3) is 0.333. The molecule has 1 unspecified atom stereocenters. The summed E-state index contributed by atoms with van der Waals surface area (Å²) in [5.41, 5.74) is 1.29. The molecule has 1 N–H and O–H groups in total. The highest BCUT2D eigenvalue weighted by Gasteiger charge is 2.18. The monoisotopic (exact) mass is 261 g/mol. The molecule has 2 rings (SSSR count). The SMILES string of the molecule is CCCNC(c1ccco1)c1ccccc1SC. The molecule has 1 aromatic carbocycles. The predicted octanol–water partition coefficient (Wildman–Crippen LogP) is 4.09. The fourth-order valence-corrected chi connectivity index (χ4v) is 2.65.